The maximum atomic E-state index is 12.5. The number of methoxy groups -OCH3 is 3. The molecule has 3 aromatic carbocycles. The second-order valence-electron chi connectivity index (χ2n) is 7.33. The molecule has 0 bridgehead atoms. The van der Waals surface area contributed by atoms with E-state index < -0.39 is 0 Å². The molecule has 0 aliphatic carbocycles. The molecule has 7 nitrogen and oxygen atoms in total. The molecule has 33 heavy (non-hydrogen) atoms. The van der Waals surface area contributed by atoms with Crippen molar-refractivity contribution in [3.8, 4) is 34.0 Å². The smallest absolute Gasteiger partial charge is 0.251 e. The summed E-state index contributed by atoms with van der Waals surface area (Å²) in [7, 11) is 4.86. The number of rotatable bonds is 8. The summed E-state index contributed by atoms with van der Waals surface area (Å²) in [6, 6.07) is 20.7. The van der Waals surface area contributed by atoms with Crippen LogP contribution in [0.4, 0.5) is 0 Å². The number of benzene rings is 3. The van der Waals surface area contributed by atoms with Gasteiger partial charge in [-0.25, -0.2) is 9.97 Å². The quantitative estimate of drug-likeness (QED) is 0.408. The molecular formula is C26H25N3O4. The van der Waals surface area contributed by atoms with Gasteiger partial charge in [-0.15, -0.1) is 0 Å². The normalized spacial score (nSPS) is 10.8. The fourth-order valence-corrected chi connectivity index (χ4v) is 3.46. The van der Waals surface area contributed by atoms with Crippen molar-refractivity contribution < 1.29 is 19.0 Å². The summed E-state index contributed by atoms with van der Waals surface area (Å²) in [4.78, 5) is 22.3. The molecule has 0 aliphatic heterocycles. The topological polar surface area (TPSA) is 82.6 Å². The largest absolute Gasteiger partial charge is 0.497 e. The van der Waals surface area contributed by atoms with Crippen molar-refractivity contribution in [3.05, 3.63) is 72.3 Å². The second kappa shape index (κ2) is 10.1. The summed E-state index contributed by atoms with van der Waals surface area (Å²) in [5.74, 6) is 1.34. The predicted octanol–water partition coefficient (Wildman–Crippen LogP) is 4.36. The minimum absolute atomic E-state index is 0.180. The number of nitrogens with one attached hydrogen (secondary N) is 1. The highest BCUT2D eigenvalue weighted by Crippen LogP contribution is 2.33. The Labute approximate surface area is 192 Å². The maximum absolute atomic E-state index is 12.5. The molecule has 7 heteroatoms. The highest BCUT2D eigenvalue weighted by Gasteiger charge is 2.15. The Morgan fingerprint density at radius 1 is 0.758 bits per heavy atom. The summed E-state index contributed by atoms with van der Waals surface area (Å²) in [5.41, 5.74) is 5.12. The Hall–Kier alpha value is -3.97. The lowest BCUT2D eigenvalue weighted by Gasteiger charge is -2.12. The van der Waals surface area contributed by atoms with Crippen LogP contribution >= 0.6 is 0 Å². The number of carbonyl (C=O) groups is 1. The Morgan fingerprint density at radius 3 is 1.82 bits per heavy atom. The first-order chi connectivity index (χ1) is 16.1. The lowest BCUT2D eigenvalue weighted by atomic mass is 10.0. The van der Waals surface area contributed by atoms with Gasteiger partial charge in [0.05, 0.1) is 43.2 Å². The first-order valence-corrected chi connectivity index (χ1v) is 10.5. The molecule has 0 spiro atoms. The van der Waals surface area contributed by atoms with Crippen molar-refractivity contribution in [2.75, 3.05) is 34.5 Å². The van der Waals surface area contributed by atoms with Gasteiger partial charge in [-0.1, -0.05) is 0 Å². The SMILES string of the molecule is COCCNC(=O)c1ccc2nc(-c3ccc(OC)cc3)c(-c3ccc(OC)cc3)nc2c1. The van der Waals surface area contributed by atoms with E-state index in [1.165, 1.54) is 0 Å². The van der Waals surface area contributed by atoms with Gasteiger partial charge in [0.1, 0.15) is 11.5 Å². The van der Waals surface area contributed by atoms with Gasteiger partial charge in [0.2, 0.25) is 0 Å². The van der Waals surface area contributed by atoms with E-state index in [0.29, 0.717) is 35.4 Å². The van der Waals surface area contributed by atoms with E-state index in [2.05, 4.69) is 5.32 Å². The van der Waals surface area contributed by atoms with Crippen LogP contribution in [0.3, 0.4) is 0 Å². The van der Waals surface area contributed by atoms with Gasteiger partial charge >= 0.3 is 0 Å². The zero-order chi connectivity index (χ0) is 23.2. The minimum Gasteiger partial charge on any atom is -0.497 e. The second-order valence-corrected chi connectivity index (χ2v) is 7.33. The number of hydrogen-bond donors (Lipinski definition) is 1. The van der Waals surface area contributed by atoms with Crippen LogP contribution in [-0.4, -0.2) is 50.4 Å². The monoisotopic (exact) mass is 443 g/mol. The third-order valence-electron chi connectivity index (χ3n) is 5.25. The van der Waals surface area contributed by atoms with Crippen LogP contribution in [0.2, 0.25) is 0 Å². The van der Waals surface area contributed by atoms with Crippen molar-refractivity contribution in [2.24, 2.45) is 0 Å². The van der Waals surface area contributed by atoms with Crippen LogP contribution in [-0.2, 0) is 4.74 Å². The molecule has 4 aromatic rings. The van der Waals surface area contributed by atoms with Crippen molar-refractivity contribution in [2.45, 2.75) is 0 Å². The average molecular weight is 444 g/mol. The minimum atomic E-state index is -0.180. The fourth-order valence-electron chi connectivity index (χ4n) is 3.46. The molecule has 0 saturated heterocycles. The van der Waals surface area contributed by atoms with Crippen molar-refractivity contribution >= 4 is 16.9 Å². The third-order valence-corrected chi connectivity index (χ3v) is 5.25. The van der Waals surface area contributed by atoms with Gasteiger partial charge < -0.3 is 19.5 Å². The average Bonchev–Trinajstić information content (AvgIpc) is 2.87. The maximum Gasteiger partial charge on any atom is 0.251 e. The molecule has 4 rings (SSSR count). The van der Waals surface area contributed by atoms with Gasteiger partial charge in [0, 0.05) is 30.3 Å². The molecular weight excluding hydrogens is 418 g/mol. The molecule has 168 valence electrons. The van der Waals surface area contributed by atoms with Gasteiger partial charge in [-0.2, -0.15) is 0 Å². The van der Waals surface area contributed by atoms with Crippen LogP contribution in [0, 0.1) is 0 Å². The van der Waals surface area contributed by atoms with Crippen LogP contribution in [0.25, 0.3) is 33.5 Å². The number of hydrogen-bond acceptors (Lipinski definition) is 6. The van der Waals surface area contributed by atoms with Crippen LogP contribution in [0.5, 0.6) is 11.5 Å². The summed E-state index contributed by atoms with van der Waals surface area (Å²) in [6.07, 6.45) is 0. The van der Waals surface area contributed by atoms with E-state index in [-0.39, 0.29) is 5.91 Å². The third kappa shape index (κ3) is 4.94. The van der Waals surface area contributed by atoms with E-state index >= 15 is 0 Å². The number of fused-ring (bicyclic) bond motifs is 1. The zero-order valence-corrected chi connectivity index (χ0v) is 18.8. The molecule has 0 saturated carbocycles. The lowest BCUT2D eigenvalue weighted by Crippen LogP contribution is -2.26. The molecule has 0 unspecified atom stereocenters. The predicted molar refractivity (Wildman–Crippen MR) is 128 cm³/mol. The van der Waals surface area contributed by atoms with Crippen molar-refractivity contribution in [3.63, 3.8) is 0 Å². The van der Waals surface area contributed by atoms with Gasteiger partial charge in [-0.05, 0) is 66.7 Å². The van der Waals surface area contributed by atoms with Crippen molar-refractivity contribution in [1.29, 1.82) is 0 Å². The summed E-state index contributed by atoms with van der Waals surface area (Å²) >= 11 is 0. The van der Waals surface area contributed by atoms with Gasteiger partial charge in [-0.3, -0.25) is 4.79 Å². The Morgan fingerprint density at radius 2 is 1.30 bits per heavy atom. The highest BCUT2D eigenvalue weighted by atomic mass is 16.5. The van der Waals surface area contributed by atoms with E-state index in [4.69, 9.17) is 24.2 Å². The van der Waals surface area contributed by atoms with E-state index in [1.54, 1.807) is 33.5 Å². The lowest BCUT2D eigenvalue weighted by molar-refractivity contribution is 0.0937. The van der Waals surface area contributed by atoms with Crippen LogP contribution < -0.4 is 14.8 Å². The van der Waals surface area contributed by atoms with E-state index in [9.17, 15) is 4.79 Å². The summed E-state index contributed by atoms with van der Waals surface area (Å²) in [6.45, 7) is 0.887. The molecule has 0 radical (unpaired) electrons. The molecule has 1 amide bonds. The molecule has 0 atom stereocenters. The summed E-state index contributed by atoms with van der Waals surface area (Å²) in [5, 5.41) is 2.83. The van der Waals surface area contributed by atoms with Crippen molar-refractivity contribution in [1.82, 2.24) is 15.3 Å². The highest BCUT2D eigenvalue weighted by molar-refractivity contribution is 5.98. The van der Waals surface area contributed by atoms with Gasteiger partial charge in [0.25, 0.3) is 5.91 Å². The number of ether oxygens (including phenoxy) is 3. The Balaban J connectivity index is 1.82. The van der Waals surface area contributed by atoms with Crippen LogP contribution in [0.1, 0.15) is 10.4 Å². The van der Waals surface area contributed by atoms with Crippen LogP contribution in [0.15, 0.2) is 66.7 Å². The number of nitrogens with zero attached hydrogens (tertiary/aromatic N) is 2. The number of amides is 1. The molecule has 1 N–H and O–H groups in total. The number of carbonyl (C=O) groups excluding carboxylic acids is 1. The molecule has 1 aromatic heterocycles. The standard InChI is InChI=1S/C26H25N3O4/c1-31-15-14-27-26(30)19-8-13-22-23(16-19)29-25(18-6-11-21(33-3)12-7-18)24(28-22)17-4-9-20(32-2)10-5-17/h4-13,16H,14-15H2,1-3H3,(H,27,30). The summed E-state index contributed by atoms with van der Waals surface area (Å²) < 4.78 is 15.6. The van der Waals surface area contributed by atoms with E-state index in [1.807, 2.05) is 54.6 Å². The molecule has 1 heterocycles. The Bertz CT molecular complexity index is 1260. The van der Waals surface area contributed by atoms with Gasteiger partial charge in [0.15, 0.2) is 0 Å². The first kappa shape index (κ1) is 22.2. The fraction of sp³-hybridized carbons (Fsp3) is 0.192. The Kier molecular flexibility index (Phi) is 6.80. The zero-order valence-electron chi connectivity index (χ0n) is 18.8. The molecule has 0 fully saturated rings. The first-order valence-electron chi connectivity index (χ1n) is 10.5. The molecule has 0 aliphatic rings. The number of aromatic nitrogens is 2. The van der Waals surface area contributed by atoms with E-state index in [0.717, 1.165) is 28.3 Å².